The van der Waals surface area contributed by atoms with Crippen LogP contribution in [-0.2, 0) is 49.2 Å². The largest absolute Gasteiger partial charge is 0.509 e. The normalized spacial score (nSPS) is 10.3. The minimum atomic E-state index is -1.21. The van der Waals surface area contributed by atoms with Gasteiger partial charge >= 0.3 is 24.2 Å². The van der Waals surface area contributed by atoms with E-state index in [0.29, 0.717) is 0 Å². The van der Waals surface area contributed by atoms with Gasteiger partial charge in [0.05, 0.1) is 39.3 Å². The molecule has 0 amide bonds. The fourth-order valence-electron chi connectivity index (χ4n) is 5.27. The van der Waals surface area contributed by atoms with E-state index in [1.807, 2.05) is 121 Å². The zero-order valence-electron chi connectivity index (χ0n) is 30.9. The van der Waals surface area contributed by atoms with Crippen LogP contribution in [0.3, 0.4) is 0 Å². The summed E-state index contributed by atoms with van der Waals surface area (Å²) >= 11 is 0. The van der Waals surface area contributed by atoms with Crippen molar-refractivity contribution in [1.29, 1.82) is 0 Å². The van der Waals surface area contributed by atoms with Gasteiger partial charge in [-0.2, -0.15) is 0 Å². The molecule has 0 unspecified atom stereocenters. The predicted molar refractivity (Wildman–Crippen MR) is 202 cm³/mol. The molecule has 4 rings (SSSR count). The van der Waals surface area contributed by atoms with Gasteiger partial charge < -0.3 is 28.4 Å². The van der Waals surface area contributed by atoms with E-state index in [2.05, 4.69) is 23.7 Å². The van der Waals surface area contributed by atoms with Gasteiger partial charge in [0.1, 0.15) is 0 Å². The van der Waals surface area contributed by atoms with Crippen molar-refractivity contribution in [3.8, 4) is 23.7 Å². The molecule has 0 aliphatic carbocycles. The summed E-state index contributed by atoms with van der Waals surface area (Å²) in [6.45, 7) is 7.69. The van der Waals surface area contributed by atoms with Crippen LogP contribution in [0.25, 0.3) is 0 Å². The minimum absolute atomic E-state index is 0.0681. The maximum atomic E-state index is 12.2. The first-order valence-corrected chi connectivity index (χ1v) is 17.5. The highest BCUT2D eigenvalue weighted by Gasteiger charge is 2.40. The average Bonchev–Trinajstić information content (AvgIpc) is 3.19. The van der Waals surface area contributed by atoms with Gasteiger partial charge in [-0.1, -0.05) is 133 Å². The fourth-order valence-corrected chi connectivity index (χ4v) is 5.27. The number of hydrogen-bond donors (Lipinski definition) is 0. The Kier molecular flexibility index (Phi) is 17.4. The zero-order valence-corrected chi connectivity index (χ0v) is 30.9. The monoisotopic (exact) mass is 732 g/mol. The molecule has 54 heavy (non-hydrogen) atoms. The standard InChI is InChI=1S/2C22H22O5/c2*1-3-25-20(23)16-11-17-22(27-21(24)26-4-2,18-12-7-5-8-13-18)19-14-9-6-10-15-19/h2*5-10,12-15H,3-4,17H2,1-2H3. The second-order valence-electron chi connectivity index (χ2n) is 11.1. The molecule has 0 atom stereocenters. The Hall–Kier alpha value is -6.52. The molecule has 10 heteroatoms. The van der Waals surface area contributed by atoms with Crippen LogP contribution >= 0.6 is 0 Å². The molecule has 10 nitrogen and oxygen atoms in total. The maximum Gasteiger partial charge on any atom is 0.509 e. The average molecular weight is 733 g/mol. The molecule has 0 aliphatic rings. The molecule has 0 bridgehead atoms. The lowest BCUT2D eigenvalue weighted by Gasteiger charge is -2.32. The summed E-state index contributed by atoms with van der Waals surface area (Å²) in [5, 5.41) is 0. The molecule has 0 fully saturated rings. The van der Waals surface area contributed by atoms with Gasteiger partial charge in [-0.15, -0.1) is 0 Å². The Labute approximate surface area is 316 Å². The summed E-state index contributed by atoms with van der Waals surface area (Å²) in [4.78, 5) is 47.6. The van der Waals surface area contributed by atoms with Crippen molar-refractivity contribution in [2.75, 3.05) is 26.4 Å². The number of benzene rings is 4. The first-order valence-electron chi connectivity index (χ1n) is 17.5. The van der Waals surface area contributed by atoms with E-state index in [0.717, 1.165) is 22.3 Å². The molecule has 0 radical (unpaired) electrons. The van der Waals surface area contributed by atoms with Crippen molar-refractivity contribution in [3.05, 3.63) is 144 Å². The first-order chi connectivity index (χ1) is 26.2. The summed E-state index contributed by atoms with van der Waals surface area (Å²) in [6, 6.07) is 37.0. The SMILES string of the molecule is CCOC(=O)C#CCC(OC(=O)OCC)(c1ccccc1)c1ccccc1.CCOC(=O)C#CCC(OC(=O)OCC)(c1ccccc1)c1ccccc1. The molecule has 0 aliphatic heterocycles. The summed E-state index contributed by atoms with van der Waals surface area (Å²) in [7, 11) is 0. The van der Waals surface area contributed by atoms with Crippen molar-refractivity contribution in [3.63, 3.8) is 0 Å². The van der Waals surface area contributed by atoms with E-state index in [4.69, 9.17) is 28.4 Å². The van der Waals surface area contributed by atoms with Crippen LogP contribution in [0, 0.1) is 23.7 Å². The quantitative estimate of drug-likeness (QED) is 0.0611. The molecule has 0 spiro atoms. The molecule has 4 aromatic rings. The van der Waals surface area contributed by atoms with E-state index < -0.39 is 35.5 Å². The highest BCUT2D eigenvalue weighted by molar-refractivity contribution is 5.88. The van der Waals surface area contributed by atoms with Crippen LogP contribution in [0.15, 0.2) is 121 Å². The molecule has 0 heterocycles. The van der Waals surface area contributed by atoms with Crippen LogP contribution in [0.4, 0.5) is 9.59 Å². The van der Waals surface area contributed by atoms with Crippen LogP contribution in [0.1, 0.15) is 62.8 Å². The van der Waals surface area contributed by atoms with Crippen molar-refractivity contribution >= 4 is 24.2 Å². The van der Waals surface area contributed by atoms with Gasteiger partial charge in [-0.3, -0.25) is 0 Å². The van der Waals surface area contributed by atoms with Crippen molar-refractivity contribution in [2.45, 2.75) is 51.7 Å². The Morgan fingerprint density at radius 1 is 0.426 bits per heavy atom. The summed E-state index contributed by atoms with van der Waals surface area (Å²) in [6.07, 6.45) is -1.47. The summed E-state index contributed by atoms with van der Waals surface area (Å²) in [5.74, 6) is 9.23. The van der Waals surface area contributed by atoms with E-state index in [9.17, 15) is 19.2 Å². The molecular formula is C44H44O10. The van der Waals surface area contributed by atoms with E-state index >= 15 is 0 Å². The lowest BCUT2D eigenvalue weighted by Crippen LogP contribution is -2.34. The Morgan fingerprint density at radius 3 is 0.926 bits per heavy atom. The van der Waals surface area contributed by atoms with Gasteiger partial charge in [-0.25, -0.2) is 19.2 Å². The number of ether oxygens (including phenoxy) is 6. The van der Waals surface area contributed by atoms with E-state index in [1.54, 1.807) is 27.7 Å². The maximum absolute atomic E-state index is 12.2. The highest BCUT2D eigenvalue weighted by Crippen LogP contribution is 2.38. The topological polar surface area (TPSA) is 124 Å². The molecule has 0 aromatic heterocycles. The lowest BCUT2D eigenvalue weighted by molar-refractivity contribution is -0.137. The smallest absolute Gasteiger partial charge is 0.456 e. The molecule has 280 valence electrons. The van der Waals surface area contributed by atoms with E-state index in [1.165, 1.54) is 0 Å². The first kappa shape index (κ1) is 41.9. The second-order valence-corrected chi connectivity index (χ2v) is 11.1. The number of esters is 2. The number of rotatable bonds is 12. The Bertz CT molecular complexity index is 1670. The van der Waals surface area contributed by atoms with Crippen molar-refractivity contribution in [1.82, 2.24) is 0 Å². The number of carbonyl (C=O) groups excluding carboxylic acids is 4. The van der Waals surface area contributed by atoms with E-state index in [-0.39, 0.29) is 39.3 Å². The molecular weight excluding hydrogens is 688 g/mol. The van der Waals surface area contributed by atoms with Gasteiger partial charge in [0, 0.05) is 34.1 Å². The molecule has 0 saturated heterocycles. The van der Waals surface area contributed by atoms with Crippen LogP contribution in [-0.4, -0.2) is 50.7 Å². The van der Waals surface area contributed by atoms with Gasteiger partial charge in [-0.05, 0) is 27.7 Å². The van der Waals surface area contributed by atoms with Crippen LogP contribution in [0.2, 0.25) is 0 Å². The second kappa shape index (κ2) is 22.4. The summed E-state index contributed by atoms with van der Waals surface area (Å²) < 4.78 is 31.2. The highest BCUT2D eigenvalue weighted by atomic mass is 16.7. The van der Waals surface area contributed by atoms with Crippen LogP contribution in [0.5, 0.6) is 0 Å². The molecule has 4 aromatic carbocycles. The Balaban J connectivity index is 0.000000290. The molecule has 0 saturated carbocycles. The third-order valence-electron chi connectivity index (χ3n) is 7.61. The van der Waals surface area contributed by atoms with Crippen molar-refractivity contribution in [2.24, 2.45) is 0 Å². The zero-order chi connectivity index (χ0) is 39.1. The lowest BCUT2D eigenvalue weighted by atomic mass is 9.83. The summed E-state index contributed by atoms with van der Waals surface area (Å²) in [5.41, 5.74) is 0.470. The van der Waals surface area contributed by atoms with Crippen LogP contribution < -0.4 is 0 Å². The minimum Gasteiger partial charge on any atom is -0.456 e. The predicted octanol–water partition coefficient (Wildman–Crippen LogP) is 8.12. The fraction of sp³-hybridized carbons (Fsp3) is 0.273. The third kappa shape index (κ3) is 12.3. The molecule has 0 N–H and O–H groups in total. The number of carbonyl (C=O) groups is 4. The third-order valence-corrected chi connectivity index (χ3v) is 7.61. The van der Waals surface area contributed by atoms with Gasteiger partial charge in [0.25, 0.3) is 0 Å². The Morgan fingerprint density at radius 2 is 0.685 bits per heavy atom. The van der Waals surface area contributed by atoms with Gasteiger partial charge in [0.15, 0.2) is 11.2 Å². The van der Waals surface area contributed by atoms with Gasteiger partial charge in [0.2, 0.25) is 0 Å². The van der Waals surface area contributed by atoms with Crippen molar-refractivity contribution < 1.29 is 47.6 Å². The number of hydrogen-bond acceptors (Lipinski definition) is 10.